The van der Waals surface area contributed by atoms with Gasteiger partial charge in [-0.1, -0.05) is 6.07 Å². The normalized spacial score (nSPS) is 25.9. The third-order valence-electron chi connectivity index (χ3n) is 4.33. The summed E-state index contributed by atoms with van der Waals surface area (Å²) < 4.78 is 30.3. The molecule has 1 spiro atoms. The maximum Gasteiger partial charge on any atom is 0.190 e. The molecule has 7 heteroatoms. The summed E-state index contributed by atoms with van der Waals surface area (Å²) in [7, 11) is -3.38. The summed E-state index contributed by atoms with van der Waals surface area (Å²) in [5, 5.41) is 14.9. The molecule has 1 aliphatic carbocycles. The van der Waals surface area contributed by atoms with Gasteiger partial charge in [0, 0.05) is 12.6 Å². The van der Waals surface area contributed by atoms with Crippen molar-refractivity contribution in [1.29, 1.82) is 0 Å². The van der Waals surface area contributed by atoms with E-state index in [1.54, 1.807) is 17.5 Å². The third-order valence-corrected chi connectivity index (χ3v) is 7.61. The average molecular weight is 331 g/mol. The molecule has 2 atom stereocenters. The fraction of sp³-hybridized carbons (Fsp3) is 0.714. The Bertz CT molecular complexity index is 566. The van der Waals surface area contributed by atoms with Crippen LogP contribution < -0.4 is 5.32 Å². The molecule has 2 heterocycles. The van der Waals surface area contributed by atoms with E-state index in [4.69, 9.17) is 4.74 Å². The van der Waals surface area contributed by atoms with Crippen LogP contribution in [0.5, 0.6) is 0 Å². The van der Waals surface area contributed by atoms with Gasteiger partial charge < -0.3 is 15.2 Å². The molecule has 1 aliphatic heterocycles. The molecule has 118 valence electrons. The van der Waals surface area contributed by atoms with Crippen LogP contribution in [0.2, 0.25) is 0 Å². The van der Waals surface area contributed by atoms with Crippen LogP contribution >= 0.6 is 11.3 Å². The van der Waals surface area contributed by atoms with E-state index >= 15 is 0 Å². The number of hydrogen-bond acceptors (Lipinski definition) is 6. The fourth-order valence-corrected chi connectivity index (χ4v) is 5.51. The largest absolute Gasteiger partial charge is 0.391 e. The van der Waals surface area contributed by atoms with Crippen molar-refractivity contribution in [3.05, 3.63) is 17.5 Å². The minimum atomic E-state index is -3.38. The molecule has 2 unspecified atom stereocenters. The van der Waals surface area contributed by atoms with Gasteiger partial charge in [-0.05, 0) is 37.1 Å². The number of thiophene rings is 1. The molecule has 2 aliphatic rings. The van der Waals surface area contributed by atoms with Gasteiger partial charge in [0.25, 0.3) is 0 Å². The van der Waals surface area contributed by atoms with Crippen LogP contribution in [0.4, 0.5) is 0 Å². The Morgan fingerprint density at radius 3 is 2.90 bits per heavy atom. The molecule has 2 fully saturated rings. The van der Waals surface area contributed by atoms with Crippen molar-refractivity contribution in [3.8, 4) is 0 Å². The number of hydrogen-bond donors (Lipinski definition) is 2. The summed E-state index contributed by atoms with van der Waals surface area (Å²) in [5.74, 6) is -0.237. The molecule has 0 aromatic carbocycles. The standard InChI is InChI=1S/C14H21NO4S2/c16-12(10-21(17,18)13-3-1-6-20-13)8-15-11-7-14(19-9-11)4-2-5-14/h1,3,6,11-12,15-16H,2,4-5,7-10H2. The van der Waals surface area contributed by atoms with Crippen LogP contribution in [0.25, 0.3) is 0 Å². The highest BCUT2D eigenvalue weighted by molar-refractivity contribution is 7.93. The Labute approximate surface area is 129 Å². The smallest absolute Gasteiger partial charge is 0.190 e. The predicted octanol–water partition coefficient (Wildman–Crippen LogP) is 1.18. The lowest BCUT2D eigenvalue weighted by molar-refractivity contribution is -0.0563. The second-order valence-electron chi connectivity index (χ2n) is 6.02. The summed E-state index contributed by atoms with van der Waals surface area (Å²) in [4.78, 5) is 0. The van der Waals surface area contributed by atoms with E-state index in [1.165, 1.54) is 17.8 Å². The van der Waals surface area contributed by atoms with E-state index in [2.05, 4.69) is 5.32 Å². The van der Waals surface area contributed by atoms with Gasteiger partial charge in [-0.3, -0.25) is 0 Å². The van der Waals surface area contributed by atoms with Crippen molar-refractivity contribution in [3.63, 3.8) is 0 Å². The van der Waals surface area contributed by atoms with Gasteiger partial charge in [0.15, 0.2) is 9.84 Å². The van der Waals surface area contributed by atoms with Crippen LogP contribution in [0.1, 0.15) is 25.7 Å². The number of sulfone groups is 1. The molecule has 0 radical (unpaired) electrons. The molecule has 0 bridgehead atoms. The van der Waals surface area contributed by atoms with E-state index in [0.29, 0.717) is 10.8 Å². The second-order valence-corrected chi connectivity index (χ2v) is 9.23. The Morgan fingerprint density at radius 2 is 2.33 bits per heavy atom. The van der Waals surface area contributed by atoms with Gasteiger partial charge in [0.1, 0.15) is 4.21 Å². The molecule has 1 aromatic rings. The van der Waals surface area contributed by atoms with Crippen molar-refractivity contribution < 1.29 is 18.3 Å². The SMILES string of the molecule is O=S(=O)(CC(O)CNC1COC2(CCC2)C1)c1cccs1. The van der Waals surface area contributed by atoms with E-state index in [-0.39, 0.29) is 23.9 Å². The Hall–Kier alpha value is -0.470. The highest BCUT2D eigenvalue weighted by atomic mass is 32.2. The van der Waals surface area contributed by atoms with Crippen molar-refractivity contribution in [1.82, 2.24) is 5.32 Å². The molecule has 5 nitrogen and oxygen atoms in total. The van der Waals surface area contributed by atoms with E-state index in [1.807, 2.05) is 0 Å². The summed E-state index contributed by atoms with van der Waals surface area (Å²) in [6, 6.07) is 3.51. The van der Waals surface area contributed by atoms with Gasteiger partial charge in [-0.25, -0.2) is 8.42 Å². The van der Waals surface area contributed by atoms with E-state index < -0.39 is 15.9 Å². The quantitative estimate of drug-likeness (QED) is 0.819. The second kappa shape index (κ2) is 5.96. The first kappa shape index (κ1) is 15.4. The van der Waals surface area contributed by atoms with Crippen LogP contribution in [-0.4, -0.2) is 50.2 Å². The first-order chi connectivity index (χ1) is 9.99. The Kier molecular flexibility index (Phi) is 4.38. The lowest BCUT2D eigenvalue weighted by Gasteiger charge is -2.37. The molecular weight excluding hydrogens is 310 g/mol. The van der Waals surface area contributed by atoms with Crippen molar-refractivity contribution in [2.45, 2.75) is 47.6 Å². The molecular formula is C14H21NO4S2. The monoisotopic (exact) mass is 331 g/mol. The van der Waals surface area contributed by atoms with Crippen molar-refractivity contribution in [2.75, 3.05) is 18.9 Å². The number of rotatable bonds is 6. The third kappa shape index (κ3) is 3.48. The first-order valence-electron chi connectivity index (χ1n) is 7.31. The van der Waals surface area contributed by atoms with Gasteiger partial charge >= 0.3 is 0 Å². The molecule has 1 aromatic heterocycles. The minimum Gasteiger partial charge on any atom is -0.391 e. The number of aliphatic hydroxyl groups excluding tert-OH is 1. The molecule has 1 saturated heterocycles. The lowest BCUT2D eigenvalue weighted by atomic mass is 9.77. The summed E-state index contributed by atoms with van der Waals surface area (Å²) >= 11 is 1.19. The number of ether oxygens (including phenoxy) is 1. The number of nitrogens with one attached hydrogen (secondary N) is 1. The fourth-order valence-electron chi connectivity index (χ4n) is 3.03. The van der Waals surface area contributed by atoms with Crippen molar-refractivity contribution in [2.24, 2.45) is 0 Å². The molecule has 0 amide bonds. The maximum atomic E-state index is 12.1. The molecule has 2 N–H and O–H groups in total. The van der Waals surface area contributed by atoms with E-state index in [0.717, 1.165) is 19.3 Å². The molecule has 3 rings (SSSR count). The zero-order valence-electron chi connectivity index (χ0n) is 11.8. The van der Waals surface area contributed by atoms with Gasteiger partial charge in [0.05, 0.1) is 24.1 Å². The predicted molar refractivity (Wildman–Crippen MR) is 81.3 cm³/mol. The van der Waals surface area contributed by atoms with Crippen LogP contribution in [0, 0.1) is 0 Å². The zero-order chi connectivity index (χ0) is 14.9. The van der Waals surface area contributed by atoms with E-state index in [9.17, 15) is 13.5 Å². The average Bonchev–Trinajstić information content (AvgIpc) is 3.05. The maximum absolute atomic E-state index is 12.1. The summed E-state index contributed by atoms with van der Waals surface area (Å²) in [5.41, 5.74) is 0.0751. The summed E-state index contributed by atoms with van der Waals surface area (Å²) in [6.45, 7) is 0.944. The summed E-state index contributed by atoms with van der Waals surface area (Å²) in [6.07, 6.45) is 3.56. The Balaban J connectivity index is 1.45. The van der Waals surface area contributed by atoms with Gasteiger partial charge in [-0.15, -0.1) is 11.3 Å². The lowest BCUT2D eigenvalue weighted by Crippen LogP contribution is -2.41. The first-order valence-corrected chi connectivity index (χ1v) is 9.84. The molecule has 1 saturated carbocycles. The van der Waals surface area contributed by atoms with Crippen LogP contribution in [-0.2, 0) is 14.6 Å². The zero-order valence-corrected chi connectivity index (χ0v) is 13.5. The van der Waals surface area contributed by atoms with Crippen molar-refractivity contribution >= 4 is 21.2 Å². The Morgan fingerprint density at radius 1 is 1.52 bits per heavy atom. The van der Waals surface area contributed by atoms with Gasteiger partial charge in [-0.2, -0.15) is 0 Å². The topological polar surface area (TPSA) is 75.6 Å². The van der Waals surface area contributed by atoms with Gasteiger partial charge in [0.2, 0.25) is 0 Å². The highest BCUT2D eigenvalue weighted by Gasteiger charge is 2.44. The molecule has 21 heavy (non-hydrogen) atoms. The highest BCUT2D eigenvalue weighted by Crippen LogP contribution is 2.43. The minimum absolute atomic E-state index is 0.0751. The van der Waals surface area contributed by atoms with Crippen LogP contribution in [0.3, 0.4) is 0 Å². The van der Waals surface area contributed by atoms with Crippen LogP contribution in [0.15, 0.2) is 21.7 Å². The number of aliphatic hydroxyl groups is 1.